The van der Waals surface area contributed by atoms with E-state index in [0.29, 0.717) is 5.92 Å². The first-order chi connectivity index (χ1) is 7.66. The maximum Gasteiger partial charge on any atom is -0.0181 e. The molecule has 0 fully saturated rings. The fourth-order valence-corrected chi connectivity index (χ4v) is 1.77. The smallest absolute Gasteiger partial charge is 0.0181 e. The molecule has 0 amide bonds. The first kappa shape index (κ1) is 10.9. The Hall–Kier alpha value is -1.56. The van der Waals surface area contributed by atoms with Gasteiger partial charge in [0.05, 0.1) is 0 Å². The van der Waals surface area contributed by atoms with Crippen molar-refractivity contribution in [2.24, 2.45) is 0 Å². The third kappa shape index (κ3) is 2.33. The average Bonchev–Trinajstić information content (AvgIpc) is 2.30. The van der Waals surface area contributed by atoms with Crippen molar-refractivity contribution >= 4 is 0 Å². The Bertz CT molecular complexity index is 464. The Kier molecular flexibility index (Phi) is 3.09. The zero-order chi connectivity index (χ0) is 11.5. The van der Waals surface area contributed by atoms with E-state index in [0.717, 1.165) is 5.56 Å². The Balaban J connectivity index is 2.40. The van der Waals surface area contributed by atoms with Crippen LogP contribution in [-0.2, 0) is 0 Å². The molecule has 0 unspecified atom stereocenters. The molecule has 81 valence electrons. The Morgan fingerprint density at radius 3 is 2.19 bits per heavy atom. The highest BCUT2D eigenvalue weighted by Gasteiger charge is 2.01. The molecule has 0 aromatic heterocycles. The van der Waals surface area contributed by atoms with Crippen LogP contribution in [0.5, 0.6) is 0 Å². The van der Waals surface area contributed by atoms with E-state index in [2.05, 4.69) is 69.3 Å². The summed E-state index contributed by atoms with van der Waals surface area (Å²) in [7, 11) is 0. The standard InChI is InChI=1S/C16H17/c1-12(2)15-5-4-6-16(11-15)14-9-7-13(3)8-10-14/h4-12H,3H2,1-2H3. The van der Waals surface area contributed by atoms with Crippen LogP contribution < -0.4 is 0 Å². The van der Waals surface area contributed by atoms with Gasteiger partial charge in [-0.2, -0.15) is 0 Å². The van der Waals surface area contributed by atoms with Crippen molar-refractivity contribution < 1.29 is 0 Å². The van der Waals surface area contributed by atoms with Gasteiger partial charge in [-0.3, -0.25) is 0 Å². The van der Waals surface area contributed by atoms with Crippen LogP contribution in [0.15, 0.2) is 48.5 Å². The van der Waals surface area contributed by atoms with Crippen molar-refractivity contribution in [3.05, 3.63) is 66.6 Å². The summed E-state index contributed by atoms with van der Waals surface area (Å²) in [6.07, 6.45) is 0. The van der Waals surface area contributed by atoms with Gasteiger partial charge in [0, 0.05) is 0 Å². The molecule has 2 aromatic rings. The maximum atomic E-state index is 3.90. The van der Waals surface area contributed by atoms with E-state index in [1.807, 2.05) is 0 Å². The molecular weight excluding hydrogens is 192 g/mol. The zero-order valence-electron chi connectivity index (χ0n) is 9.90. The quantitative estimate of drug-likeness (QED) is 0.674. The number of hydrogen-bond donors (Lipinski definition) is 0. The van der Waals surface area contributed by atoms with Crippen LogP contribution >= 0.6 is 0 Å². The fourth-order valence-electron chi connectivity index (χ4n) is 1.77. The molecule has 2 aromatic carbocycles. The molecule has 0 spiro atoms. The molecule has 0 nitrogen and oxygen atoms in total. The van der Waals surface area contributed by atoms with Crippen LogP contribution in [-0.4, -0.2) is 0 Å². The van der Waals surface area contributed by atoms with Crippen molar-refractivity contribution in [2.75, 3.05) is 0 Å². The number of benzene rings is 2. The summed E-state index contributed by atoms with van der Waals surface area (Å²) in [5, 5.41) is 0. The van der Waals surface area contributed by atoms with E-state index in [1.54, 1.807) is 0 Å². The third-order valence-electron chi connectivity index (χ3n) is 2.84. The fraction of sp³-hybridized carbons (Fsp3) is 0.188. The van der Waals surface area contributed by atoms with Gasteiger partial charge in [0.2, 0.25) is 0 Å². The molecule has 0 aliphatic carbocycles. The molecule has 0 heteroatoms. The van der Waals surface area contributed by atoms with E-state index in [9.17, 15) is 0 Å². The highest BCUT2D eigenvalue weighted by molar-refractivity contribution is 5.64. The van der Waals surface area contributed by atoms with Gasteiger partial charge in [-0.05, 0) is 35.1 Å². The van der Waals surface area contributed by atoms with Gasteiger partial charge >= 0.3 is 0 Å². The molecule has 0 N–H and O–H groups in total. The van der Waals surface area contributed by atoms with Crippen molar-refractivity contribution in [3.8, 4) is 11.1 Å². The predicted molar refractivity (Wildman–Crippen MR) is 70.4 cm³/mol. The molecule has 0 atom stereocenters. The molecule has 0 saturated heterocycles. The molecule has 0 saturated carbocycles. The summed E-state index contributed by atoms with van der Waals surface area (Å²) in [4.78, 5) is 0. The lowest BCUT2D eigenvalue weighted by Gasteiger charge is -2.08. The largest absolute Gasteiger partial charge is 0.0614 e. The van der Waals surface area contributed by atoms with Crippen LogP contribution in [0.4, 0.5) is 0 Å². The molecule has 1 radical (unpaired) electrons. The molecular formula is C16H17. The Morgan fingerprint density at radius 2 is 1.56 bits per heavy atom. The topological polar surface area (TPSA) is 0 Å². The van der Waals surface area contributed by atoms with Gasteiger partial charge in [-0.1, -0.05) is 62.4 Å². The van der Waals surface area contributed by atoms with E-state index in [1.165, 1.54) is 16.7 Å². The van der Waals surface area contributed by atoms with Gasteiger partial charge in [0.15, 0.2) is 0 Å². The maximum absolute atomic E-state index is 3.90. The van der Waals surface area contributed by atoms with E-state index in [4.69, 9.17) is 0 Å². The molecule has 0 bridgehead atoms. The lowest BCUT2D eigenvalue weighted by Crippen LogP contribution is -1.87. The molecule has 0 heterocycles. The second-order valence-corrected chi connectivity index (χ2v) is 4.48. The number of rotatable bonds is 2. The normalized spacial score (nSPS) is 10.8. The predicted octanol–water partition coefficient (Wildman–Crippen LogP) is 4.66. The first-order valence-electron chi connectivity index (χ1n) is 5.69. The second-order valence-electron chi connectivity index (χ2n) is 4.48. The lowest BCUT2D eigenvalue weighted by atomic mass is 9.97. The highest BCUT2D eigenvalue weighted by atomic mass is 14.1. The van der Waals surface area contributed by atoms with Crippen LogP contribution in [0.1, 0.15) is 30.9 Å². The SMILES string of the molecule is [CH2]c1ccc(-c2cccc(C(C)C)c2)cc1. The Labute approximate surface area is 97.9 Å². The van der Waals surface area contributed by atoms with Crippen molar-refractivity contribution in [3.63, 3.8) is 0 Å². The van der Waals surface area contributed by atoms with Crippen molar-refractivity contribution in [2.45, 2.75) is 19.8 Å². The molecule has 0 aliphatic rings. The molecule has 2 rings (SSSR count). The van der Waals surface area contributed by atoms with Gasteiger partial charge < -0.3 is 0 Å². The van der Waals surface area contributed by atoms with E-state index in [-0.39, 0.29) is 0 Å². The molecule has 0 aliphatic heterocycles. The van der Waals surface area contributed by atoms with Gasteiger partial charge in [0.1, 0.15) is 0 Å². The van der Waals surface area contributed by atoms with Crippen LogP contribution in [0, 0.1) is 6.92 Å². The van der Waals surface area contributed by atoms with Crippen LogP contribution in [0.2, 0.25) is 0 Å². The summed E-state index contributed by atoms with van der Waals surface area (Å²) >= 11 is 0. The van der Waals surface area contributed by atoms with Crippen molar-refractivity contribution in [1.82, 2.24) is 0 Å². The third-order valence-corrected chi connectivity index (χ3v) is 2.84. The summed E-state index contributed by atoms with van der Waals surface area (Å²) in [6.45, 7) is 8.34. The van der Waals surface area contributed by atoms with Gasteiger partial charge in [-0.25, -0.2) is 0 Å². The molecule has 16 heavy (non-hydrogen) atoms. The minimum Gasteiger partial charge on any atom is -0.0614 e. The summed E-state index contributed by atoms with van der Waals surface area (Å²) in [5.41, 5.74) is 4.99. The van der Waals surface area contributed by atoms with Crippen molar-refractivity contribution in [1.29, 1.82) is 0 Å². The first-order valence-corrected chi connectivity index (χ1v) is 5.69. The second kappa shape index (κ2) is 4.52. The summed E-state index contributed by atoms with van der Waals surface area (Å²) in [5.74, 6) is 0.576. The zero-order valence-corrected chi connectivity index (χ0v) is 9.90. The Morgan fingerprint density at radius 1 is 0.875 bits per heavy atom. The summed E-state index contributed by atoms with van der Waals surface area (Å²) < 4.78 is 0. The van der Waals surface area contributed by atoms with Crippen LogP contribution in [0.25, 0.3) is 11.1 Å². The van der Waals surface area contributed by atoms with Gasteiger partial charge in [-0.15, -0.1) is 0 Å². The van der Waals surface area contributed by atoms with Gasteiger partial charge in [0.25, 0.3) is 0 Å². The average molecular weight is 209 g/mol. The number of hydrogen-bond acceptors (Lipinski definition) is 0. The van der Waals surface area contributed by atoms with Crippen LogP contribution in [0.3, 0.4) is 0 Å². The minimum atomic E-state index is 0.576. The summed E-state index contributed by atoms with van der Waals surface area (Å²) in [6, 6.07) is 17.1. The monoisotopic (exact) mass is 209 g/mol. The lowest BCUT2D eigenvalue weighted by molar-refractivity contribution is 0.867. The van der Waals surface area contributed by atoms with E-state index < -0.39 is 0 Å². The minimum absolute atomic E-state index is 0.576. The van der Waals surface area contributed by atoms with E-state index >= 15 is 0 Å². The highest BCUT2D eigenvalue weighted by Crippen LogP contribution is 2.24.